The third kappa shape index (κ3) is 22.0. The number of rotatable bonds is 18. The van der Waals surface area contributed by atoms with E-state index >= 15 is 0 Å². The Balaban J connectivity index is 3.04. The average Bonchev–Trinajstić information content (AvgIpc) is 2.49. The maximum absolute atomic E-state index is 10.4. The molecule has 1 N–H and O–H groups in total. The van der Waals surface area contributed by atoms with E-state index in [-0.39, 0.29) is 0 Å². The van der Waals surface area contributed by atoms with Crippen molar-refractivity contribution in [3.05, 3.63) is 0 Å². The molecule has 0 radical (unpaired) electrons. The van der Waals surface area contributed by atoms with Gasteiger partial charge in [0.1, 0.15) is 7.38 Å². The van der Waals surface area contributed by atoms with Crippen molar-refractivity contribution >= 4 is 24.4 Å². The summed E-state index contributed by atoms with van der Waals surface area (Å²) in [6.07, 6.45) is 19.9. The third-order valence-corrected chi connectivity index (χ3v) is 6.77. The molecule has 0 aromatic heterocycles. The Morgan fingerprint density at radius 1 is 0.667 bits per heavy atom. The van der Waals surface area contributed by atoms with Gasteiger partial charge in [0.25, 0.3) is 0 Å². The molecule has 0 aromatic carbocycles. The van der Waals surface area contributed by atoms with Gasteiger partial charge in [0.15, 0.2) is 0 Å². The van der Waals surface area contributed by atoms with Gasteiger partial charge in [-0.2, -0.15) is 11.1 Å². The second-order valence-electron chi connectivity index (χ2n) is 7.92. The molecular weight excluding hydrogens is 336 g/mol. The van der Waals surface area contributed by atoms with Gasteiger partial charge >= 0.3 is 5.97 Å². The van der Waals surface area contributed by atoms with Crippen LogP contribution >= 0.6 is 11.1 Å². The van der Waals surface area contributed by atoms with E-state index in [9.17, 15) is 4.79 Å². The zero-order valence-corrected chi connectivity index (χ0v) is 18.0. The molecule has 0 spiro atoms. The van der Waals surface area contributed by atoms with Crippen LogP contribution in [0.25, 0.3) is 0 Å². The van der Waals surface area contributed by atoms with Gasteiger partial charge in [0.2, 0.25) is 0 Å². The maximum Gasteiger partial charge on any atom is 0.303 e. The molecule has 0 rings (SSSR count). The minimum absolute atomic E-state index is 0.340. The van der Waals surface area contributed by atoms with Crippen LogP contribution in [0.4, 0.5) is 0 Å². The smallest absolute Gasteiger partial charge is 0.303 e. The second-order valence-corrected chi connectivity index (χ2v) is 14.9. The highest BCUT2D eigenvalue weighted by atomic mass is 35.6. The molecule has 0 heterocycles. The number of carbonyl (C=O) groups is 1. The molecule has 0 bridgehead atoms. The first kappa shape index (κ1) is 24.0. The number of unbranched alkanes of at least 4 members (excludes halogenated alkanes) is 14. The van der Waals surface area contributed by atoms with Crippen molar-refractivity contribution in [1.82, 2.24) is 0 Å². The van der Waals surface area contributed by atoms with Crippen molar-refractivity contribution in [2.45, 2.75) is 122 Å². The molecule has 144 valence electrons. The van der Waals surface area contributed by atoms with E-state index in [0.717, 1.165) is 12.8 Å². The molecule has 0 saturated carbocycles. The highest BCUT2D eigenvalue weighted by Crippen LogP contribution is 2.19. The highest BCUT2D eigenvalue weighted by Gasteiger charge is 2.15. The van der Waals surface area contributed by atoms with Crippen LogP contribution in [0, 0.1) is 0 Å². The zero-order valence-electron chi connectivity index (χ0n) is 16.3. The molecule has 0 aromatic rings. The van der Waals surface area contributed by atoms with Crippen molar-refractivity contribution in [2.24, 2.45) is 0 Å². The molecule has 4 heteroatoms. The van der Waals surface area contributed by atoms with Crippen LogP contribution in [0.1, 0.15) is 103 Å². The highest BCUT2D eigenvalue weighted by molar-refractivity contribution is 7.19. The lowest BCUT2D eigenvalue weighted by molar-refractivity contribution is -0.137. The number of hydrogen-bond acceptors (Lipinski definition) is 1. The maximum atomic E-state index is 10.4. The summed E-state index contributed by atoms with van der Waals surface area (Å²) in [6.45, 7) is 4.49. The number of carboxylic acids is 1. The Labute approximate surface area is 156 Å². The summed E-state index contributed by atoms with van der Waals surface area (Å²) < 4.78 is 0. The topological polar surface area (TPSA) is 37.3 Å². The molecule has 24 heavy (non-hydrogen) atoms. The molecule has 0 unspecified atom stereocenters. The number of halogens is 1. The first-order valence-corrected chi connectivity index (χ1v) is 14.5. The number of hydrogen-bond donors (Lipinski definition) is 1. The average molecular weight is 377 g/mol. The summed E-state index contributed by atoms with van der Waals surface area (Å²) in [7, 11) is -1.32. The fourth-order valence-corrected chi connectivity index (χ4v) is 4.61. The van der Waals surface area contributed by atoms with Crippen LogP contribution in [-0.4, -0.2) is 18.5 Å². The van der Waals surface area contributed by atoms with E-state index in [1.54, 1.807) is 0 Å². The van der Waals surface area contributed by atoms with Crippen molar-refractivity contribution in [1.29, 1.82) is 0 Å². The van der Waals surface area contributed by atoms with E-state index in [0.29, 0.717) is 6.42 Å². The lowest BCUT2D eigenvalue weighted by Gasteiger charge is -2.11. The summed E-state index contributed by atoms with van der Waals surface area (Å²) in [5.74, 6) is -0.657. The lowest BCUT2D eigenvalue weighted by Crippen LogP contribution is -2.14. The Hall–Kier alpha value is -0.0231. The molecule has 0 fully saturated rings. The predicted octanol–water partition coefficient (Wildman–Crippen LogP) is 7.76. The summed E-state index contributed by atoms with van der Waals surface area (Å²) in [6, 6.07) is 1.27. The molecule has 2 nitrogen and oxygen atoms in total. The fourth-order valence-electron chi connectivity index (χ4n) is 3.12. The largest absolute Gasteiger partial charge is 0.481 e. The number of aliphatic carboxylic acids is 1. The molecule has 0 atom stereocenters. The van der Waals surface area contributed by atoms with Crippen LogP contribution in [0.2, 0.25) is 19.1 Å². The van der Waals surface area contributed by atoms with Gasteiger partial charge in [-0.25, -0.2) is 0 Å². The minimum Gasteiger partial charge on any atom is -0.481 e. The molecule has 0 saturated heterocycles. The Kier molecular flexibility index (Phi) is 16.4. The molecule has 0 aliphatic carbocycles. The van der Waals surface area contributed by atoms with E-state index < -0.39 is 13.4 Å². The zero-order chi connectivity index (χ0) is 18.1. The van der Waals surface area contributed by atoms with Crippen LogP contribution in [0.15, 0.2) is 0 Å². The molecular formula is C20H41ClO2Si. The van der Waals surface area contributed by atoms with E-state index in [1.807, 2.05) is 0 Å². The van der Waals surface area contributed by atoms with Gasteiger partial charge in [-0.05, 0) is 12.5 Å². The molecule has 0 aliphatic rings. The Bertz CT molecular complexity index is 290. The molecule has 0 amide bonds. The van der Waals surface area contributed by atoms with E-state index in [2.05, 4.69) is 13.1 Å². The quantitative estimate of drug-likeness (QED) is 0.151. The van der Waals surface area contributed by atoms with Crippen molar-refractivity contribution in [2.75, 3.05) is 0 Å². The fraction of sp³-hybridized carbons (Fsp3) is 0.950. The van der Waals surface area contributed by atoms with E-state index in [1.165, 1.54) is 89.5 Å². The van der Waals surface area contributed by atoms with Crippen molar-refractivity contribution < 1.29 is 9.90 Å². The predicted molar refractivity (Wildman–Crippen MR) is 110 cm³/mol. The third-order valence-electron chi connectivity index (χ3n) is 4.66. The Morgan fingerprint density at radius 2 is 0.958 bits per heavy atom. The summed E-state index contributed by atoms with van der Waals surface area (Å²) in [5.41, 5.74) is 0. The first-order chi connectivity index (χ1) is 11.4. The number of carboxylic acid groups (broad SMARTS) is 1. The second kappa shape index (κ2) is 16.4. The summed E-state index contributed by atoms with van der Waals surface area (Å²) in [4.78, 5) is 10.4. The van der Waals surface area contributed by atoms with Crippen LogP contribution in [0.5, 0.6) is 0 Å². The lowest BCUT2D eigenvalue weighted by atomic mass is 10.0. The van der Waals surface area contributed by atoms with Gasteiger partial charge in [0.05, 0.1) is 0 Å². The standard InChI is InChI=1S/C20H41ClO2Si/c1-24(2,21)19-17-15-13-11-9-7-5-3-4-6-8-10-12-14-16-18-20(22)23/h3-19H2,1-2H3,(H,22,23). The molecule has 0 aliphatic heterocycles. The van der Waals surface area contributed by atoms with Gasteiger partial charge in [-0.1, -0.05) is 103 Å². The van der Waals surface area contributed by atoms with Crippen LogP contribution in [-0.2, 0) is 4.79 Å². The van der Waals surface area contributed by atoms with Gasteiger partial charge in [-0.15, -0.1) is 0 Å². The summed E-state index contributed by atoms with van der Waals surface area (Å²) in [5, 5.41) is 8.55. The first-order valence-electron chi connectivity index (χ1n) is 10.3. The SMILES string of the molecule is C[Si](C)(Cl)CCCCCCCCCCCCCCCCCC(=O)O. The van der Waals surface area contributed by atoms with Crippen molar-refractivity contribution in [3.63, 3.8) is 0 Å². The Morgan fingerprint density at radius 3 is 1.25 bits per heavy atom. The van der Waals surface area contributed by atoms with Crippen LogP contribution in [0.3, 0.4) is 0 Å². The van der Waals surface area contributed by atoms with Gasteiger partial charge in [-0.3, -0.25) is 4.79 Å². The van der Waals surface area contributed by atoms with Crippen molar-refractivity contribution in [3.8, 4) is 0 Å². The van der Waals surface area contributed by atoms with Gasteiger partial charge < -0.3 is 5.11 Å². The van der Waals surface area contributed by atoms with Gasteiger partial charge in [0, 0.05) is 6.42 Å². The monoisotopic (exact) mass is 376 g/mol. The normalized spacial score (nSPS) is 11.8. The van der Waals surface area contributed by atoms with E-state index in [4.69, 9.17) is 16.2 Å². The van der Waals surface area contributed by atoms with Crippen LogP contribution < -0.4 is 0 Å². The minimum atomic E-state index is -1.32. The summed E-state index contributed by atoms with van der Waals surface area (Å²) >= 11 is 6.33.